The largest absolute Gasteiger partial charge is 0.358 e. The third-order valence-electron chi connectivity index (χ3n) is 4.07. The molecule has 1 heterocycles. The first kappa shape index (κ1) is 16.5. The van der Waals surface area contributed by atoms with Crippen LogP contribution in [0.15, 0.2) is 42.5 Å². The highest BCUT2D eigenvalue weighted by Crippen LogP contribution is 2.26. The second kappa shape index (κ2) is 6.65. The zero-order chi connectivity index (χ0) is 18.0. The van der Waals surface area contributed by atoms with Gasteiger partial charge in [0.15, 0.2) is 0 Å². The lowest BCUT2D eigenvalue weighted by molar-refractivity contribution is -0.114. The van der Waals surface area contributed by atoms with Crippen LogP contribution in [0, 0.1) is 11.3 Å². The van der Waals surface area contributed by atoms with Crippen LogP contribution in [0.5, 0.6) is 0 Å². The van der Waals surface area contributed by atoms with E-state index >= 15 is 0 Å². The number of carbonyl (C=O) groups excluding carboxylic acids is 2. The Morgan fingerprint density at radius 1 is 1.20 bits per heavy atom. The average Bonchev–Trinajstić information content (AvgIpc) is 2.78. The molecule has 1 N–H and O–H groups in total. The van der Waals surface area contributed by atoms with Gasteiger partial charge in [-0.3, -0.25) is 9.59 Å². The number of rotatable bonds is 2. The van der Waals surface area contributed by atoms with Crippen LogP contribution in [0.4, 0.5) is 11.4 Å². The van der Waals surface area contributed by atoms with Crippen LogP contribution < -0.4 is 10.2 Å². The van der Waals surface area contributed by atoms with Crippen LogP contribution in [-0.4, -0.2) is 37.4 Å². The maximum atomic E-state index is 12.3. The van der Waals surface area contributed by atoms with Crippen LogP contribution in [0.2, 0.25) is 0 Å². The van der Waals surface area contributed by atoms with Gasteiger partial charge >= 0.3 is 0 Å². The summed E-state index contributed by atoms with van der Waals surface area (Å²) < 4.78 is 0. The topological polar surface area (TPSA) is 76.4 Å². The molecule has 0 atom stereocenters. The molecular weight excluding hydrogens is 316 g/mol. The highest BCUT2D eigenvalue weighted by Gasteiger charge is 2.21. The van der Waals surface area contributed by atoms with Gasteiger partial charge in [-0.1, -0.05) is 12.1 Å². The third-order valence-corrected chi connectivity index (χ3v) is 4.07. The van der Waals surface area contributed by atoms with Crippen LogP contribution in [0.1, 0.15) is 21.5 Å². The lowest BCUT2D eigenvalue weighted by Crippen LogP contribution is -2.29. The first-order valence-corrected chi connectivity index (χ1v) is 7.87. The van der Waals surface area contributed by atoms with Crippen LogP contribution >= 0.6 is 0 Å². The number of carbonyl (C=O) groups is 2. The summed E-state index contributed by atoms with van der Waals surface area (Å²) in [7, 11) is 3.38. The van der Waals surface area contributed by atoms with Gasteiger partial charge in [0.25, 0.3) is 5.91 Å². The summed E-state index contributed by atoms with van der Waals surface area (Å²) in [6, 6.07) is 14.6. The van der Waals surface area contributed by atoms with E-state index in [0.29, 0.717) is 23.4 Å². The number of nitrogens with one attached hydrogen (secondary N) is 1. The second-order valence-corrected chi connectivity index (χ2v) is 6.14. The highest BCUT2D eigenvalue weighted by molar-refractivity contribution is 5.99. The maximum Gasteiger partial charge on any atom is 0.253 e. The van der Waals surface area contributed by atoms with Crippen molar-refractivity contribution in [1.82, 2.24) is 4.90 Å². The summed E-state index contributed by atoms with van der Waals surface area (Å²) in [6.07, 6.45) is 0. The van der Waals surface area contributed by atoms with Crippen LogP contribution in [0.25, 0.3) is 0 Å². The van der Waals surface area contributed by atoms with E-state index in [0.717, 1.165) is 11.3 Å². The van der Waals surface area contributed by atoms with Crippen molar-refractivity contribution in [3.05, 3.63) is 59.2 Å². The smallest absolute Gasteiger partial charge is 0.253 e. The minimum atomic E-state index is -0.157. The molecule has 0 spiro atoms. The summed E-state index contributed by atoms with van der Waals surface area (Å²) >= 11 is 0. The minimum Gasteiger partial charge on any atom is -0.358 e. The van der Waals surface area contributed by atoms with E-state index in [1.807, 2.05) is 17.0 Å². The number of hydrogen-bond acceptors (Lipinski definition) is 4. The quantitative estimate of drug-likeness (QED) is 0.913. The van der Waals surface area contributed by atoms with Gasteiger partial charge in [-0.25, -0.2) is 0 Å². The number of nitrogens with zero attached hydrogens (tertiary/aromatic N) is 3. The van der Waals surface area contributed by atoms with Crippen molar-refractivity contribution >= 4 is 23.2 Å². The molecular formula is C19H18N4O2. The molecule has 0 aromatic heterocycles. The summed E-state index contributed by atoms with van der Waals surface area (Å²) in [5.41, 5.74) is 3.47. The molecule has 1 aliphatic heterocycles. The molecule has 126 valence electrons. The Bertz CT molecular complexity index is 883. The van der Waals surface area contributed by atoms with E-state index in [1.54, 1.807) is 44.4 Å². The molecule has 6 heteroatoms. The molecule has 2 aromatic carbocycles. The Morgan fingerprint density at radius 3 is 2.72 bits per heavy atom. The monoisotopic (exact) mass is 334 g/mol. The predicted molar refractivity (Wildman–Crippen MR) is 95.3 cm³/mol. The number of nitriles is 1. The van der Waals surface area contributed by atoms with Gasteiger partial charge < -0.3 is 15.1 Å². The molecule has 0 unspecified atom stereocenters. The molecule has 6 nitrogen and oxygen atoms in total. The van der Waals surface area contributed by atoms with Gasteiger partial charge in [-0.15, -0.1) is 0 Å². The van der Waals surface area contributed by atoms with Gasteiger partial charge in [-0.2, -0.15) is 5.26 Å². The Morgan fingerprint density at radius 2 is 2.00 bits per heavy atom. The summed E-state index contributed by atoms with van der Waals surface area (Å²) in [6.45, 7) is 0.694. The van der Waals surface area contributed by atoms with E-state index < -0.39 is 0 Å². The first-order valence-electron chi connectivity index (χ1n) is 7.87. The predicted octanol–water partition coefficient (Wildman–Crippen LogP) is 2.22. The fourth-order valence-electron chi connectivity index (χ4n) is 2.80. The lowest BCUT2D eigenvalue weighted by Gasteiger charge is -2.22. The van der Waals surface area contributed by atoms with Gasteiger partial charge in [0, 0.05) is 37.6 Å². The molecule has 0 aliphatic carbocycles. The molecule has 25 heavy (non-hydrogen) atoms. The molecule has 1 aliphatic rings. The molecule has 0 fully saturated rings. The van der Waals surface area contributed by atoms with Crippen LogP contribution in [-0.2, 0) is 11.3 Å². The van der Waals surface area contributed by atoms with Crippen molar-refractivity contribution in [2.24, 2.45) is 0 Å². The van der Waals surface area contributed by atoms with Gasteiger partial charge in [-0.05, 0) is 35.9 Å². The number of hydrogen-bond donors (Lipinski definition) is 1. The highest BCUT2D eigenvalue weighted by atomic mass is 16.2. The van der Waals surface area contributed by atoms with Crippen molar-refractivity contribution in [1.29, 1.82) is 5.26 Å². The van der Waals surface area contributed by atoms with Crippen molar-refractivity contribution < 1.29 is 9.59 Å². The van der Waals surface area contributed by atoms with Crippen LogP contribution in [0.3, 0.4) is 0 Å². The van der Waals surface area contributed by atoms with Gasteiger partial charge in [0.05, 0.1) is 18.2 Å². The normalized spacial score (nSPS) is 13.3. The minimum absolute atomic E-state index is 0.111. The second-order valence-electron chi connectivity index (χ2n) is 6.14. The van der Waals surface area contributed by atoms with E-state index in [9.17, 15) is 9.59 Å². The van der Waals surface area contributed by atoms with Crippen molar-refractivity contribution in [3.8, 4) is 6.07 Å². The van der Waals surface area contributed by atoms with E-state index in [1.165, 1.54) is 4.90 Å². The SMILES string of the molecule is CN(C)C(=O)c1ccc2c(c1)NC(=O)CN(c1cccc(C#N)c1)C2. The third kappa shape index (κ3) is 3.45. The lowest BCUT2D eigenvalue weighted by atomic mass is 10.1. The van der Waals surface area contributed by atoms with Gasteiger partial charge in [0.1, 0.15) is 0 Å². The van der Waals surface area contributed by atoms with Crippen molar-refractivity contribution in [2.45, 2.75) is 6.54 Å². The standard InChI is InChI=1S/C19H18N4O2/c1-22(2)19(25)14-6-7-15-11-23(12-18(24)21-17(15)9-14)16-5-3-4-13(8-16)10-20/h3-9H,11-12H2,1-2H3,(H,21,24). The number of benzene rings is 2. The van der Waals surface area contributed by atoms with E-state index in [-0.39, 0.29) is 18.4 Å². The molecule has 0 bridgehead atoms. The Balaban J connectivity index is 1.95. The Kier molecular flexibility index (Phi) is 4.40. The summed E-state index contributed by atoms with van der Waals surface area (Å²) in [5, 5.41) is 11.9. The first-order chi connectivity index (χ1) is 12.0. The summed E-state index contributed by atoms with van der Waals surface area (Å²) in [4.78, 5) is 27.8. The molecule has 0 saturated heterocycles. The molecule has 2 amide bonds. The van der Waals surface area contributed by atoms with E-state index in [2.05, 4.69) is 11.4 Å². The molecule has 0 radical (unpaired) electrons. The number of fused-ring (bicyclic) bond motifs is 1. The maximum absolute atomic E-state index is 12.3. The zero-order valence-corrected chi connectivity index (χ0v) is 14.1. The summed E-state index contributed by atoms with van der Waals surface area (Å²) in [5.74, 6) is -0.268. The number of anilines is 2. The van der Waals surface area contributed by atoms with Crippen molar-refractivity contribution in [2.75, 3.05) is 30.9 Å². The fraction of sp³-hybridized carbons (Fsp3) is 0.211. The zero-order valence-electron chi connectivity index (χ0n) is 14.1. The Labute approximate surface area is 146 Å². The van der Waals surface area contributed by atoms with Crippen molar-refractivity contribution in [3.63, 3.8) is 0 Å². The number of amides is 2. The van der Waals surface area contributed by atoms with Gasteiger partial charge in [0.2, 0.25) is 5.91 Å². The Hall–Kier alpha value is -3.33. The molecule has 3 rings (SSSR count). The van der Waals surface area contributed by atoms with E-state index in [4.69, 9.17) is 5.26 Å². The average molecular weight is 334 g/mol. The molecule has 0 saturated carbocycles. The molecule has 2 aromatic rings. The fourth-order valence-corrected chi connectivity index (χ4v) is 2.80.